The maximum Gasteiger partial charge on any atom is 0.269 e. The fourth-order valence-corrected chi connectivity index (χ4v) is 3.89. The van der Waals surface area contributed by atoms with Crippen LogP contribution in [0.1, 0.15) is 5.56 Å². The lowest BCUT2D eigenvalue weighted by Gasteiger charge is -2.07. The number of nitrogens with zero attached hydrogens (tertiary/aromatic N) is 3. The smallest absolute Gasteiger partial charge is 0.269 e. The lowest BCUT2D eigenvalue weighted by molar-refractivity contribution is 0.588. The summed E-state index contributed by atoms with van der Waals surface area (Å²) >= 11 is 0. The molecule has 24 heavy (non-hydrogen) atoms. The van der Waals surface area contributed by atoms with Crippen LogP contribution in [0.25, 0.3) is 22.3 Å². The van der Waals surface area contributed by atoms with E-state index >= 15 is 0 Å². The molecule has 0 atom stereocenters. The fraction of sp³-hybridized carbons (Fsp3) is 0.0588. The number of aromatic amines is 1. The van der Waals surface area contributed by atoms with Gasteiger partial charge in [-0.15, -0.1) is 0 Å². The molecule has 0 aliphatic heterocycles. The summed E-state index contributed by atoms with van der Waals surface area (Å²) in [5, 5.41) is 0.748. The molecule has 120 valence electrons. The Bertz CT molecular complexity index is 1110. The van der Waals surface area contributed by atoms with Crippen LogP contribution in [0.4, 0.5) is 0 Å². The number of hydrogen-bond donors (Lipinski definition) is 1. The monoisotopic (exact) mass is 338 g/mol. The van der Waals surface area contributed by atoms with Crippen molar-refractivity contribution < 1.29 is 8.42 Å². The van der Waals surface area contributed by atoms with Crippen molar-refractivity contribution >= 4 is 21.1 Å². The average molecular weight is 338 g/mol. The van der Waals surface area contributed by atoms with Crippen molar-refractivity contribution in [2.75, 3.05) is 0 Å². The van der Waals surface area contributed by atoms with E-state index in [-0.39, 0.29) is 4.90 Å². The molecular weight excluding hydrogens is 324 g/mol. The van der Waals surface area contributed by atoms with Gasteiger partial charge in [-0.1, -0.05) is 17.7 Å². The summed E-state index contributed by atoms with van der Waals surface area (Å²) in [6.45, 7) is 1.92. The SMILES string of the molecule is Cc1ccc(S(=O)(=O)n2ccc3cc(-c4cnc[nH]4)cnc32)cc1. The number of H-pyrrole nitrogens is 1. The normalized spacial score (nSPS) is 11.9. The van der Waals surface area contributed by atoms with Crippen LogP contribution >= 0.6 is 0 Å². The molecule has 0 aliphatic carbocycles. The number of aryl methyl sites for hydroxylation is 1. The molecule has 0 spiro atoms. The maximum absolute atomic E-state index is 12.8. The molecule has 1 N–H and O–H groups in total. The third kappa shape index (κ3) is 2.30. The topological polar surface area (TPSA) is 80.6 Å². The average Bonchev–Trinajstić information content (AvgIpc) is 3.24. The molecule has 0 aliphatic rings. The standard InChI is InChI=1S/C17H14N4O2S/c1-12-2-4-15(5-3-12)24(22,23)21-7-6-13-8-14(9-19-17(13)21)16-10-18-11-20-16/h2-11H,1H3,(H,18,20). The van der Waals surface area contributed by atoms with E-state index in [0.29, 0.717) is 5.65 Å². The van der Waals surface area contributed by atoms with E-state index in [9.17, 15) is 8.42 Å². The van der Waals surface area contributed by atoms with Crippen molar-refractivity contribution in [3.05, 3.63) is 66.9 Å². The van der Waals surface area contributed by atoms with Crippen LogP contribution in [0.2, 0.25) is 0 Å². The van der Waals surface area contributed by atoms with E-state index in [2.05, 4.69) is 15.0 Å². The zero-order chi connectivity index (χ0) is 16.7. The molecule has 4 rings (SSSR count). The minimum absolute atomic E-state index is 0.241. The van der Waals surface area contributed by atoms with E-state index < -0.39 is 10.0 Å². The number of hydrogen-bond acceptors (Lipinski definition) is 4. The van der Waals surface area contributed by atoms with Gasteiger partial charge in [-0.3, -0.25) is 0 Å². The molecular formula is C17H14N4O2S. The number of pyridine rings is 1. The molecule has 3 heterocycles. The third-order valence-electron chi connectivity index (χ3n) is 3.88. The summed E-state index contributed by atoms with van der Waals surface area (Å²) in [5.74, 6) is 0. The Balaban J connectivity index is 1.84. The number of aromatic nitrogens is 4. The van der Waals surface area contributed by atoms with Crippen molar-refractivity contribution in [1.29, 1.82) is 0 Å². The van der Waals surface area contributed by atoms with E-state index in [1.807, 2.05) is 13.0 Å². The van der Waals surface area contributed by atoms with Gasteiger partial charge in [0.15, 0.2) is 5.65 Å². The lowest BCUT2D eigenvalue weighted by atomic mass is 10.2. The van der Waals surface area contributed by atoms with Gasteiger partial charge in [-0.25, -0.2) is 22.4 Å². The highest BCUT2D eigenvalue weighted by Gasteiger charge is 2.19. The van der Waals surface area contributed by atoms with Gasteiger partial charge in [0, 0.05) is 23.3 Å². The van der Waals surface area contributed by atoms with Crippen LogP contribution < -0.4 is 0 Å². The molecule has 4 aromatic rings. The second-order valence-corrected chi connectivity index (χ2v) is 7.35. The molecule has 6 nitrogen and oxygen atoms in total. The van der Waals surface area contributed by atoms with Crippen LogP contribution in [0.5, 0.6) is 0 Å². The summed E-state index contributed by atoms with van der Waals surface area (Å²) in [7, 11) is -3.67. The highest BCUT2D eigenvalue weighted by Crippen LogP contribution is 2.24. The van der Waals surface area contributed by atoms with Crippen LogP contribution in [-0.4, -0.2) is 27.3 Å². The minimum Gasteiger partial charge on any atom is -0.345 e. The molecule has 0 saturated carbocycles. The largest absolute Gasteiger partial charge is 0.345 e. The van der Waals surface area contributed by atoms with Crippen molar-refractivity contribution in [3.8, 4) is 11.3 Å². The van der Waals surface area contributed by atoms with Crippen molar-refractivity contribution in [2.24, 2.45) is 0 Å². The number of fused-ring (bicyclic) bond motifs is 1. The van der Waals surface area contributed by atoms with Crippen molar-refractivity contribution in [1.82, 2.24) is 18.9 Å². The molecule has 1 aromatic carbocycles. The van der Waals surface area contributed by atoms with Gasteiger partial charge in [0.05, 0.1) is 23.1 Å². The number of imidazole rings is 1. The van der Waals surface area contributed by atoms with E-state index in [1.54, 1.807) is 49.1 Å². The van der Waals surface area contributed by atoms with Crippen LogP contribution in [0.3, 0.4) is 0 Å². The zero-order valence-corrected chi connectivity index (χ0v) is 13.7. The van der Waals surface area contributed by atoms with Gasteiger partial charge in [0.1, 0.15) is 0 Å². The highest BCUT2D eigenvalue weighted by atomic mass is 32.2. The second kappa shape index (κ2) is 5.31. The highest BCUT2D eigenvalue weighted by molar-refractivity contribution is 7.90. The summed E-state index contributed by atoms with van der Waals surface area (Å²) in [6, 6.07) is 10.4. The minimum atomic E-state index is -3.67. The predicted octanol–water partition coefficient (Wildman–Crippen LogP) is 2.97. The molecule has 7 heteroatoms. The van der Waals surface area contributed by atoms with Gasteiger partial charge >= 0.3 is 0 Å². The molecule has 0 bridgehead atoms. The second-order valence-electron chi connectivity index (χ2n) is 5.53. The molecule has 0 saturated heterocycles. The van der Waals surface area contributed by atoms with Crippen molar-refractivity contribution in [3.63, 3.8) is 0 Å². The molecule has 0 unspecified atom stereocenters. The quantitative estimate of drug-likeness (QED) is 0.623. The summed E-state index contributed by atoms with van der Waals surface area (Å²) in [5.41, 5.74) is 3.09. The molecule has 0 amide bonds. The van der Waals surface area contributed by atoms with Gasteiger partial charge in [-0.2, -0.15) is 0 Å². The number of benzene rings is 1. The Morgan fingerprint density at radius 1 is 1.08 bits per heavy atom. The van der Waals surface area contributed by atoms with Gasteiger partial charge < -0.3 is 4.98 Å². The Labute approximate surface area is 138 Å². The van der Waals surface area contributed by atoms with Gasteiger partial charge in [0.2, 0.25) is 0 Å². The molecule has 0 radical (unpaired) electrons. The van der Waals surface area contributed by atoms with Crippen LogP contribution in [-0.2, 0) is 10.0 Å². The Morgan fingerprint density at radius 2 is 1.88 bits per heavy atom. The fourth-order valence-electron chi connectivity index (χ4n) is 2.58. The first-order valence-electron chi connectivity index (χ1n) is 7.34. The molecule has 3 aromatic heterocycles. The van der Waals surface area contributed by atoms with E-state index in [4.69, 9.17) is 0 Å². The van der Waals surface area contributed by atoms with Crippen molar-refractivity contribution in [2.45, 2.75) is 11.8 Å². The first kappa shape index (κ1) is 14.6. The predicted molar refractivity (Wildman–Crippen MR) is 91.1 cm³/mol. The van der Waals surface area contributed by atoms with E-state index in [1.165, 1.54) is 10.2 Å². The zero-order valence-electron chi connectivity index (χ0n) is 12.8. The number of rotatable bonds is 3. The summed E-state index contributed by atoms with van der Waals surface area (Å²) in [6.07, 6.45) is 6.45. The van der Waals surface area contributed by atoms with Crippen LogP contribution in [0, 0.1) is 6.92 Å². The summed E-state index contributed by atoms with van der Waals surface area (Å²) in [4.78, 5) is 11.6. The Morgan fingerprint density at radius 3 is 2.58 bits per heavy atom. The molecule has 0 fully saturated rings. The van der Waals surface area contributed by atoms with E-state index in [0.717, 1.165) is 22.2 Å². The summed E-state index contributed by atoms with van der Waals surface area (Å²) < 4.78 is 26.9. The number of nitrogens with one attached hydrogen (secondary N) is 1. The maximum atomic E-state index is 12.8. The van der Waals surface area contributed by atoms with Gasteiger partial charge in [0.25, 0.3) is 10.0 Å². The van der Waals surface area contributed by atoms with Crippen LogP contribution in [0.15, 0.2) is 66.2 Å². The lowest BCUT2D eigenvalue weighted by Crippen LogP contribution is -2.12. The first-order chi connectivity index (χ1) is 11.6. The third-order valence-corrected chi connectivity index (χ3v) is 5.56. The first-order valence-corrected chi connectivity index (χ1v) is 8.78. The Kier molecular flexibility index (Phi) is 3.24. The van der Waals surface area contributed by atoms with Gasteiger partial charge in [-0.05, 0) is 31.2 Å². The Hall–Kier alpha value is -2.93.